The Kier molecular flexibility index (Phi) is 4.21. The second kappa shape index (κ2) is 5.87. The number of hydrogen-bond acceptors (Lipinski definition) is 1. The summed E-state index contributed by atoms with van der Waals surface area (Å²) in [6.45, 7) is 6.33. The van der Waals surface area contributed by atoms with Gasteiger partial charge in [-0.25, -0.2) is 0 Å². The van der Waals surface area contributed by atoms with Gasteiger partial charge in [0, 0.05) is 25.5 Å². The summed E-state index contributed by atoms with van der Waals surface area (Å²) in [6, 6.07) is 11.1. The van der Waals surface area contributed by atoms with Gasteiger partial charge >= 0.3 is 0 Å². The van der Waals surface area contributed by atoms with Crippen molar-refractivity contribution in [2.24, 2.45) is 0 Å². The van der Waals surface area contributed by atoms with Gasteiger partial charge in [0.15, 0.2) is 0 Å². The third kappa shape index (κ3) is 3.23. The molecule has 0 radical (unpaired) electrons. The van der Waals surface area contributed by atoms with Crippen molar-refractivity contribution in [1.29, 1.82) is 0 Å². The molecule has 0 unspecified atom stereocenters. The fourth-order valence-corrected chi connectivity index (χ4v) is 2.12. The second-order valence-corrected chi connectivity index (χ2v) is 5.12. The van der Waals surface area contributed by atoms with Crippen LogP contribution < -0.4 is 5.32 Å². The molecule has 2 nitrogen and oxygen atoms in total. The highest BCUT2D eigenvalue weighted by Gasteiger charge is 2.00. The molecule has 1 aromatic carbocycles. The largest absolute Gasteiger partial charge is 0.350 e. The van der Waals surface area contributed by atoms with E-state index in [0.29, 0.717) is 5.92 Å². The van der Waals surface area contributed by atoms with Gasteiger partial charge < -0.3 is 9.88 Å². The number of nitrogens with one attached hydrogen (secondary N) is 1. The quantitative estimate of drug-likeness (QED) is 0.850. The molecule has 0 saturated carbocycles. The molecule has 96 valence electrons. The summed E-state index contributed by atoms with van der Waals surface area (Å²) < 4.78 is 2.23. The van der Waals surface area contributed by atoms with E-state index in [1.807, 2.05) is 7.05 Å². The number of nitrogens with zero attached hydrogens (tertiary/aromatic N) is 1. The SMILES string of the molecule is CNCc1ccn(Cc2ccc(C(C)C)cc2)c1. The molecule has 0 amide bonds. The van der Waals surface area contributed by atoms with Gasteiger partial charge in [-0.2, -0.15) is 0 Å². The van der Waals surface area contributed by atoms with Gasteiger partial charge in [0.25, 0.3) is 0 Å². The molecule has 0 aliphatic heterocycles. The summed E-state index contributed by atoms with van der Waals surface area (Å²) in [5.41, 5.74) is 4.09. The van der Waals surface area contributed by atoms with Crippen molar-refractivity contribution < 1.29 is 0 Å². The first-order chi connectivity index (χ1) is 8.69. The lowest BCUT2D eigenvalue weighted by atomic mass is 10.0. The van der Waals surface area contributed by atoms with E-state index in [1.54, 1.807) is 0 Å². The summed E-state index contributed by atoms with van der Waals surface area (Å²) in [6.07, 6.45) is 4.34. The molecule has 0 fully saturated rings. The summed E-state index contributed by atoms with van der Waals surface area (Å²) >= 11 is 0. The lowest BCUT2D eigenvalue weighted by Gasteiger charge is -2.07. The van der Waals surface area contributed by atoms with Crippen molar-refractivity contribution in [3.63, 3.8) is 0 Å². The summed E-state index contributed by atoms with van der Waals surface area (Å²) in [5, 5.41) is 3.17. The van der Waals surface area contributed by atoms with Gasteiger partial charge in [0.1, 0.15) is 0 Å². The number of rotatable bonds is 5. The van der Waals surface area contributed by atoms with Crippen LogP contribution in [0.25, 0.3) is 0 Å². The first kappa shape index (κ1) is 12.9. The standard InChI is InChI=1S/C16H22N2/c1-13(2)16-6-4-14(5-7-16)11-18-9-8-15(12-18)10-17-3/h4-9,12-13,17H,10-11H2,1-3H3. The van der Waals surface area contributed by atoms with Crippen molar-refractivity contribution in [3.8, 4) is 0 Å². The van der Waals surface area contributed by atoms with E-state index in [2.05, 4.69) is 66.5 Å². The van der Waals surface area contributed by atoms with Gasteiger partial charge in [-0.3, -0.25) is 0 Å². The predicted molar refractivity (Wildman–Crippen MR) is 76.8 cm³/mol. The molecule has 2 rings (SSSR count). The Hall–Kier alpha value is -1.54. The third-order valence-corrected chi connectivity index (χ3v) is 3.20. The maximum Gasteiger partial charge on any atom is 0.0470 e. The molecule has 1 heterocycles. The van der Waals surface area contributed by atoms with Gasteiger partial charge in [-0.15, -0.1) is 0 Å². The predicted octanol–water partition coefficient (Wildman–Crippen LogP) is 3.38. The third-order valence-electron chi connectivity index (χ3n) is 3.20. The van der Waals surface area contributed by atoms with Crippen LogP contribution in [0.1, 0.15) is 36.5 Å². The highest BCUT2D eigenvalue weighted by molar-refractivity contribution is 5.25. The molecule has 1 aromatic heterocycles. The number of hydrogen-bond donors (Lipinski definition) is 1. The topological polar surface area (TPSA) is 17.0 Å². The lowest BCUT2D eigenvalue weighted by Crippen LogP contribution is -2.04. The minimum Gasteiger partial charge on any atom is -0.350 e. The van der Waals surface area contributed by atoms with E-state index in [1.165, 1.54) is 16.7 Å². The van der Waals surface area contributed by atoms with Crippen LogP contribution in [-0.2, 0) is 13.1 Å². The van der Waals surface area contributed by atoms with Crippen LogP contribution in [0.5, 0.6) is 0 Å². The molecule has 0 atom stereocenters. The minimum absolute atomic E-state index is 0.604. The first-order valence-electron chi connectivity index (χ1n) is 6.57. The summed E-state index contributed by atoms with van der Waals surface area (Å²) in [5.74, 6) is 0.604. The summed E-state index contributed by atoms with van der Waals surface area (Å²) in [7, 11) is 1.97. The molecular weight excluding hydrogens is 220 g/mol. The number of aromatic nitrogens is 1. The van der Waals surface area contributed by atoms with Crippen LogP contribution in [0.15, 0.2) is 42.7 Å². The minimum atomic E-state index is 0.604. The fourth-order valence-electron chi connectivity index (χ4n) is 2.12. The Morgan fingerprint density at radius 2 is 1.78 bits per heavy atom. The van der Waals surface area contributed by atoms with Crippen molar-refractivity contribution in [1.82, 2.24) is 9.88 Å². The monoisotopic (exact) mass is 242 g/mol. The van der Waals surface area contributed by atoms with Gasteiger partial charge in [-0.05, 0) is 35.7 Å². The molecule has 2 heteroatoms. The normalized spacial score (nSPS) is 11.1. The molecule has 1 N–H and O–H groups in total. The highest BCUT2D eigenvalue weighted by Crippen LogP contribution is 2.15. The average molecular weight is 242 g/mol. The Morgan fingerprint density at radius 3 is 2.39 bits per heavy atom. The molecular formula is C16H22N2. The van der Waals surface area contributed by atoms with Gasteiger partial charge in [0.05, 0.1) is 0 Å². The van der Waals surface area contributed by atoms with Crippen LogP contribution in [0.2, 0.25) is 0 Å². The van der Waals surface area contributed by atoms with Crippen molar-refractivity contribution >= 4 is 0 Å². The van der Waals surface area contributed by atoms with Crippen molar-refractivity contribution in [2.75, 3.05) is 7.05 Å². The zero-order valence-corrected chi connectivity index (χ0v) is 11.5. The van der Waals surface area contributed by atoms with Crippen LogP contribution in [0, 0.1) is 0 Å². The Balaban J connectivity index is 2.03. The zero-order valence-electron chi connectivity index (χ0n) is 11.5. The van der Waals surface area contributed by atoms with E-state index in [-0.39, 0.29) is 0 Å². The molecule has 0 spiro atoms. The van der Waals surface area contributed by atoms with Crippen LogP contribution in [0.3, 0.4) is 0 Å². The van der Waals surface area contributed by atoms with Gasteiger partial charge in [-0.1, -0.05) is 38.1 Å². The Labute approximate surface area is 110 Å². The van der Waals surface area contributed by atoms with E-state index >= 15 is 0 Å². The highest BCUT2D eigenvalue weighted by atomic mass is 14.9. The fraction of sp³-hybridized carbons (Fsp3) is 0.375. The maximum absolute atomic E-state index is 3.17. The van der Waals surface area contributed by atoms with E-state index < -0.39 is 0 Å². The molecule has 0 aliphatic carbocycles. The Bertz CT molecular complexity index is 480. The molecule has 0 saturated heterocycles. The summed E-state index contributed by atoms with van der Waals surface area (Å²) in [4.78, 5) is 0. The first-order valence-corrected chi connectivity index (χ1v) is 6.57. The lowest BCUT2D eigenvalue weighted by molar-refractivity contribution is 0.781. The van der Waals surface area contributed by atoms with E-state index in [4.69, 9.17) is 0 Å². The smallest absolute Gasteiger partial charge is 0.0470 e. The van der Waals surface area contributed by atoms with E-state index in [9.17, 15) is 0 Å². The average Bonchev–Trinajstić information content (AvgIpc) is 2.78. The van der Waals surface area contributed by atoms with Crippen LogP contribution >= 0.6 is 0 Å². The maximum atomic E-state index is 3.17. The Morgan fingerprint density at radius 1 is 1.06 bits per heavy atom. The molecule has 0 aliphatic rings. The van der Waals surface area contributed by atoms with Gasteiger partial charge in [0.2, 0.25) is 0 Å². The molecule has 18 heavy (non-hydrogen) atoms. The zero-order chi connectivity index (χ0) is 13.0. The number of benzene rings is 1. The molecule has 0 bridgehead atoms. The van der Waals surface area contributed by atoms with Crippen LogP contribution in [-0.4, -0.2) is 11.6 Å². The van der Waals surface area contributed by atoms with E-state index in [0.717, 1.165) is 13.1 Å². The van der Waals surface area contributed by atoms with Crippen molar-refractivity contribution in [3.05, 3.63) is 59.4 Å². The van der Waals surface area contributed by atoms with Crippen LogP contribution in [0.4, 0.5) is 0 Å². The van der Waals surface area contributed by atoms with Crippen molar-refractivity contribution in [2.45, 2.75) is 32.9 Å². The molecule has 2 aromatic rings. The second-order valence-electron chi connectivity index (χ2n) is 5.12.